The van der Waals surface area contributed by atoms with E-state index < -0.39 is 10.8 Å². The van der Waals surface area contributed by atoms with Crippen molar-refractivity contribution >= 4 is 11.6 Å². The van der Waals surface area contributed by atoms with Crippen LogP contribution >= 0.6 is 0 Å². The van der Waals surface area contributed by atoms with Crippen molar-refractivity contribution in [3.05, 3.63) is 27.8 Å². The van der Waals surface area contributed by atoms with Crippen LogP contribution < -0.4 is 15.2 Å². The predicted molar refractivity (Wildman–Crippen MR) is 47.7 cm³/mol. The summed E-state index contributed by atoms with van der Waals surface area (Å²) in [6.07, 6.45) is 0. The van der Waals surface area contributed by atoms with Crippen LogP contribution in [0.15, 0.2) is 12.1 Å². The summed E-state index contributed by atoms with van der Waals surface area (Å²) in [6.45, 7) is -0.0988. The molecule has 0 spiro atoms. The summed E-state index contributed by atoms with van der Waals surface area (Å²) in [5.74, 6) is -0.556. The molecule has 0 aliphatic carbocycles. The Morgan fingerprint density at radius 3 is 2.80 bits per heavy atom. The lowest BCUT2D eigenvalue weighted by Gasteiger charge is -2.00. The number of ether oxygens (including phenoxy) is 2. The highest BCUT2D eigenvalue weighted by atomic mass is 16.7. The highest BCUT2D eigenvalue weighted by molar-refractivity contribution is 5.94. The predicted octanol–water partition coefficient (Wildman–Crippen LogP) is 0.422. The number of carbonyl (C=O) groups excluding carboxylic acids is 1. The Kier molecular flexibility index (Phi) is 1.93. The highest BCUT2D eigenvalue weighted by Crippen LogP contribution is 2.41. The maximum Gasteiger partial charge on any atom is 0.315 e. The monoisotopic (exact) mass is 210 g/mol. The lowest BCUT2D eigenvalue weighted by molar-refractivity contribution is -0.385. The maximum atomic E-state index is 10.9. The zero-order valence-electron chi connectivity index (χ0n) is 7.43. The minimum atomic E-state index is -0.753. The summed E-state index contributed by atoms with van der Waals surface area (Å²) in [7, 11) is 0. The van der Waals surface area contributed by atoms with Crippen molar-refractivity contribution in [2.45, 2.75) is 0 Å². The van der Waals surface area contributed by atoms with Gasteiger partial charge in [0, 0.05) is 11.6 Å². The van der Waals surface area contributed by atoms with Gasteiger partial charge >= 0.3 is 5.69 Å². The first kappa shape index (κ1) is 9.25. The van der Waals surface area contributed by atoms with Crippen molar-refractivity contribution in [2.75, 3.05) is 6.79 Å². The number of hydrogen-bond acceptors (Lipinski definition) is 5. The molecule has 1 heterocycles. The molecule has 0 radical (unpaired) electrons. The van der Waals surface area contributed by atoms with E-state index in [0.29, 0.717) is 0 Å². The number of primary amides is 1. The molecule has 1 aliphatic rings. The summed E-state index contributed by atoms with van der Waals surface area (Å²) in [5, 5.41) is 10.7. The van der Waals surface area contributed by atoms with Crippen LogP contribution in [-0.2, 0) is 0 Å². The van der Waals surface area contributed by atoms with Crippen molar-refractivity contribution in [1.82, 2.24) is 0 Å². The normalized spacial score (nSPS) is 12.5. The second-order valence-corrected chi connectivity index (χ2v) is 2.85. The first-order valence-electron chi connectivity index (χ1n) is 3.97. The number of nitrogens with two attached hydrogens (primary N) is 1. The van der Waals surface area contributed by atoms with Crippen molar-refractivity contribution in [2.24, 2.45) is 5.73 Å². The third kappa shape index (κ3) is 1.43. The number of hydrogen-bond donors (Lipinski definition) is 1. The highest BCUT2D eigenvalue weighted by Gasteiger charge is 2.27. The van der Waals surface area contributed by atoms with E-state index in [9.17, 15) is 14.9 Å². The zero-order valence-corrected chi connectivity index (χ0v) is 7.43. The molecule has 1 amide bonds. The molecule has 2 N–H and O–H groups in total. The minimum absolute atomic E-state index is 0.0194. The van der Waals surface area contributed by atoms with Crippen LogP contribution in [0, 0.1) is 10.1 Å². The first-order valence-corrected chi connectivity index (χ1v) is 3.97. The van der Waals surface area contributed by atoms with Crippen LogP contribution in [0.1, 0.15) is 10.4 Å². The van der Waals surface area contributed by atoms with Crippen molar-refractivity contribution in [3.63, 3.8) is 0 Å². The first-order chi connectivity index (χ1) is 7.09. The minimum Gasteiger partial charge on any atom is -0.453 e. The van der Waals surface area contributed by atoms with E-state index in [1.54, 1.807) is 0 Å². The Morgan fingerprint density at radius 1 is 1.47 bits per heavy atom. The molecule has 0 aromatic heterocycles. The Labute approximate surface area is 83.5 Å². The van der Waals surface area contributed by atoms with Gasteiger partial charge in [-0.05, 0) is 6.07 Å². The van der Waals surface area contributed by atoms with Gasteiger partial charge in [0.05, 0.1) is 4.92 Å². The molecule has 0 fully saturated rings. The van der Waals surface area contributed by atoms with Crippen LogP contribution in [0.3, 0.4) is 0 Å². The molecule has 0 bridgehead atoms. The summed E-state index contributed by atoms with van der Waals surface area (Å²) in [4.78, 5) is 20.9. The Bertz CT molecular complexity index is 457. The standard InChI is InChI=1S/C8H6N2O5/c9-8(11)4-1-5(10(12)13)7-6(2-4)14-3-15-7/h1-2H,3H2,(H2,9,11). The summed E-state index contributed by atoms with van der Waals surface area (Å²) < 4.78 is 9.86. The number of amides is 1. The smallest absolute Gasteiger partial charge is 0.315 e. The molecule has 0 unspecified atom stereocenters. The molecule has 0 saturated carbocycles. The van der Waals surface area contributed by atoms with E-state index in [4.69, 9.17) is 15.2 Å². The molecule has 0 atom stereocenters. The van der Waals surface area contributed by atoms with Gasteiger partial charge in [-0.2, -0.15) is 0 Å². The second-order valence-electron chi connectivity index (χ2n) is 2.85. The molecule has 1 aromatic rings. The molecule has 7 nitrogen and oxygen atoms in total. The fourth-order valence-corrected chi connectivity index (χ4v) is 1.27. The van der Waals surface area contributed by atoms with Gasteiger partial charge in [-0.25, -0.2) is 0 Å². The lowest BCUT2D eigenvalue weighted by atomic mass is 10.1. The Hall–Kier alpha value is -2.31. The average Bonchev–Trinajstić information content (AvgIpc) is 2.62. The quantitative estimate of drug-likeness (QED) is 0.562. The van der Waals surface area contributed by atoms with Gasteiger partial charge in [-0.3, -0.25) is 14.9 Å². The maximum absolute atomic E-state index is 10.9. The summed E-state index contributed by atoms with van der Waals surface area (Å²) in [6, 6.07) is 2.38. The number of fused-ring (bicyclic) bond motifs is 1. The number of benzene rings is 1. The van der Waals surface area contributed by atoms with Crippen LogP contribution in [-0.4, -0.2) is 17.6 Å². The van der Waals surface area contributed by atoms with Crippen molar-refractivity contribution in [1.29, 1.82) is 0 Å². The van der Waals surface area contributed by atoms with Gasteiger partial charge < -0.3 is 15.2 Å². The third-order valence-electron chi connectivity index (χ3n) is 1.93. The molecule has 1 aromatic carbocycles. The van der Waals surface area contributed by atoms with Crippen LogP contribution in [0.5, 0.6) is 11.5 Å². The Morgan fingerprint density at radius 2 is 2.20 bits per heavy atom. The van der Waals surface area contributed by atoms with E-state index in [-0.39, 0.29) is 29.5 Å². The lowest BCUT2D eigenvalue weighted by Crippen LogP contribution is -2.11. The average molecular weight is 210 g/mol. The van der Waals surface area contributed by atoms with E-state index in [0.717, 1.165) is 6.07 Å². The largest absolute Gasteiger partial charge is 0.453 e. The number of carbonyl (C=O) groups is 1. The summed E-state index contributed by atoms with van der Waals surface area (Å²) >= 11 is 0. The summed E-state index contributed by atoms with van der Waals surface area (Å²) in [5.41, 5.74) is 4.72. The van der Waals surface area contributed by atoms with Crippen LogP contribution in [0.25, 0.3) is 0 Å². The molecule has 78 valence electrons. The molecular weight excluding hydrogens is 204 g/mol. The van der Waals surface area contributed by atoms with E-state index in [1.165, 1.54) is 6.07 Å². The number of rotatable bonds is 2. The molecule has 7 heteroatoms. The molecule has 0 saturated heterocycles. The van der Waals surface area contributed by atoms with Gasteiger partial charge in [0.2, 0.25) is 18.4 Å². The number of nitrogens with zero attached hydrogens (tertiary/aromatic N) is 1. The molecular formula is C8H6N2O5. The number of nitro benzene ring substituents is 1. The van der Waals surface area contributed by atoms with Crippen molar-refractivity contribution in [3.8, 4) is 11.5 Å². The van der Waals surface area contributed by atoms with Gasteiger partial charge in [0.15, 0.2) is 5.75 Å². The second kappa shape index (κ2) is 3.12. The van der Waals surface area contributed by atoms with E-state index in [1.807, 2.05) is 0 Å². The van der Waals surface area contributed by atoms with Gasteiger partial charge in [-0.1, -0.05) is 0 Å². The molecule has 2 rings (SSSR count). The van der Waals surface area contributed by atoms with Crippen molar-refractivity contribution < 1.29 is 19.2 Å². The van der Waals surface area contributed by atoms with E-state index >= 15 is 0 Å². The SMILES string of the molecule is NC(=O)c1cc2c(c([N+](=O)[O-])c1)OCO2. The van der Waals surface area contributed by atoms with Gasteiger partial charge in [0.1, 0.15) is 0 Å². The fraction of sp³-hybridized carbons (Fsp3) is 0.125. The molecule has 1 aliphatic heterocycles. The van der Waals surface area contributed by atoms with Crippen LogP contribution in [0.2, 0.25) is 0 Å². The zero-order chi connectivity index (χ0) is 11.0. The van der Waals surface area contributed by atoms with Gasteiger partial charge in [0.25, 0.3) is 0 Å². The van der Waals surface area contributed by atoms with E-state index in [2.05, 4.69) is 0 Å². The van der Waals surface area contributed by atoms with Gasteiger partial charge in [-0.15, -0.1) is 0 Å². The van der Waals surface area contributed by atoms with Crippen LogP contribution in [0.4, 0.5) is 5.69 Å². The number of nitro groups is 1. The Balaban J connectivity index is 2.62. The molecule has 15 heavy (non-hydrogen) atoms. The third-order valence-corrected chi connectivity index (χ3v) is 1.93. The topological polar surface area (TPSA) is 105 Å². The fourth-order valence-electron chi connectivity index (χ4n) is 1.27.